The first-order valence-electron chi connectivity index (χ1n) is 9.27. The molecule has 0 unspecified atom stereocenters. The van der Waals surface area contributed by atoms with Crippen molar-refractivity contribution in [2.75, 3.05) is 13.7 Å². The van der Waals surface area contributed by atoms with Gasteiger partial charge in [0.1, 0.15) is 18.9 Å². The molecule has 150 valence electrons. The summed E-state index contributed by atoms with van der Waals surface area (Å²) in [6.45, 7) is 6.73. The molecule has 0 saturated carbocycles. The number of hydrogen-bond acceptors (Lipinski definition) is 4. The van der Waals surface area contributed by atoms with Gasteiger partial charge >= 0.3 is 0 Å². The van der Waals surface area contributed by atoms with Crippen LogP contribution in [0.25, 0.3) is 11.4 Å². The van der Waals surface area contributed by atoms with Crippen LogP contribution in [-0.2, 0) is 17.9 Å². The summed E-state index contributed by atoms with van der Waals surface area (Å²) in [5, 5.41) is 7.09. The van der Waals surface area contributed by atoms with Gasteiger partial charge in [0.15, 0.2) is 10.6 Å². The van der Waals surface area contributed by atoms with E-state index in [4.69, 9.17) is 17.0 Å². The molecule has 0 spiro atoms. The molecular formula is C22H24N4O2S. The minimum Gasteiger partial charge on any atom is -0.490 e. The van der Waals surface area contributed by atoms with Gasteiger partial charge in [-0.25, -0.2) is 0 Å². The van der Waals surface area contributed by atoms with Crippen LogP contribution in [-0.4, -0.2) is 39.2 Å². The lowest BCUT2D eigenvalue weighted by Gasteiger charge is -2.18. The Labute approximate surface area is 175 Å². The van der Waals surface area contributed by atoms with E-state index in [0.717, 1.165) is 22.4 Å². The van der Waals surface area contributed by atoms with Crippen molar-refractivity contribution in [1.82, 2.24) is 19.7 Å². The predicted molar refractivity (Wildman–Crippen MR) is 116 cm³/mol. The molecule has 7 heteroatoms. The van der Waals surface area contributed by atoms with Crippen LogP contribution in [0.5, 0.6) is 5.75 Å². The maximum Gasteiger partial charge on any atom is 0.242 e. The molecule has 1 heterocycles. The minimum absolute atomic E-state index is 0.0529. The third-order valence-electron chi connectivity index (χ3n) is 4.50. The molecule has 1 amide bonds. The van der Waals surface area contributed by atoms with E-state index in [1.165, 1.54) is 0 Å². The zero-order valence-electron chi connectivity index (χ0n) is 16.6. The van der Waals surface area contributed by atoms with Crippen LogP contribution in [0.2, 0.25) is 0 Å². The van der Waals surface area contributed by atoms with Gasteiger partial charge in [-0.05, 0) is 36.8 Å². The standard InChI is InChI=1S/C22H24N4O2S/c1-4-13-28-19-11-7-17(8-12-19)14-25(3)20(27)15-26-21(23-24-22(26)29)18-9-5-16(2)6-10-18/h4-12H,1,13-15H2,2-3H3,(H,24,29). The second kappa shape index (κ2) is 9.34. The number of nitrogens with one attached hydrogen (secondary N) is 1. The average Bonchev–Trinajstić information content (AvgIpc) is 3.08. The van der Waals surface area contributed by atoms with Gasteiger partial charge in [-0.1, -0.05) is 54.6 Å². The SMILES string of the molecule is C=CCOc1ccc(CN(C)C(=O)Cn2c(-c3ccc(C)cc3)n[nH]c2=S)cc1. The van der Waals surface area contributed by atoms with Gasteiger partial charge in [-0.2, -0.15) is 5.10 Å². The number of aromatic amines is 1. The molecule has 1 N–H and O–H groups in total. The molecule has 0 atom stereocenters. The lowest BCUT2D eigenvalue weighted by Crippen LogP contribution is -2.30. The Morgan fingerprint density at radius 3 is 2.59 bits per heavy atom. The summed E-state index contributed by atoms with van der Waals surface area (Å²) in [6.07, 6.45) is 1.70. The Morgan fingerprint density at radius 2 is 1.93 bits per heavy atom. The van der Waals surface area contributed by atoms with Crippen molar-refractivity contribution in [2.45, 2.75) is 20.0 Å². The second-order valence-electron chi connectivity index (χ2n) is 6.80. The zero-order chi connectivity index (χ0) is 20.8. The van der Waals surface area contributed by atoms with E-state index in [1.54, 1.807) is 22.6 Å². The largest absolute Gasteiger partial charge is 0.490 e. The Balaban J connectivity index is 1.68. The van der Waals surface area contributed by atoms with Crippen LogP contribution in [0.1, 0.15) is 11.1 Å². The van der Waals surface area contributed by atoms with E-state index < -0.39 is 0 Å². The van der Waals surface area contributed by atoms with E-state index in [1.807, 2.05) is 55.5 Å². The van der Waals surface area contributed by atoms with Crippen molar-refractivity contribution in [1.29, 1.82) is 0 Å². The van der Waals surface area contributed by atoms with Crippen LogP contribution in [0.4, 0.5) is 0 Å². The lowest BCUT2D eigenvalue weighted by molar-refractivity contribution is -0.131. The number of nitrogens with zero attached hydrogens (tertiary/aromatic N) is 3. The van der Waals surface area contributed by atoms with Gasteiger partial charge in [-0.15, -0.1) is 0 Å². The van der Waals surface area contributed by atoms with Crippen molar-refractivity contribution in [3.05, 3.63) is 77.1 Å². The number of rotatable bonds is 8. The van der Waals surface area contributed by atoms with E-state index in [-0.39, 0.29) is 12.5 Å². The molecule has 0 saturated heterocycles. The number of aryl methyl sites for hydroxylation is 1. The molecule has 2 aromatic carbocycles. The third-order valence-corrected chi connectivity index (χ3v) is 4.81. The molecule has 0 aliphatic rings. The van der Waals surface area contributed by atoms with Gasteiger partial charge in [-0.3, -0.25) is 14.5 Å². The van der Waals surface area contributed by atoms with Crippen molar-refractivity contribution in [2.24, 2.45) is 0 Å². The fourth-order valence-corrected chi connectivity index (χ4v) is 3.05. The lowest BCUT2D eigenvalue weighted by atomic mass is 10.1. The highest BCUT2D eigenvalue weighted by atomic mass is 32.1. The quantitative estimate of drug-likeness (QED) is 0.449. The third kappa shape index (κ3) is 5.20. The smallest absolute Gasteiger partial charge is 0.242 e. The highest BCUT2D eigenvalue weighted by molar-refractivity contribution is 7.71. The number of aromatic nitrogens is 3. The fourth-order valence-electron chi connectivity index (χ4n) is 2.85. The van der Waals surface area contributed by atoms with Crippen molar-refractivity contribution in [3.63, 3.8) is 0 Å². The van der Waals surface area contributed by atoms with Gasteiger partial charge in [0.2, 0.25) is 5.91 Å². The number of amides is 1. The van der Waals surface area contributed by atoms with Gasteiger partial charge in [0.25, 0.3) is 0 Å². The van der Waals surface area contributed by atoms with E-state index in [9.17, 15) is 4.79 Å². The van der Waals surface area contributed by atoms with Crippen LogP contribution in [0.15, 0.2) is 61.2 Å². The minimum atomic E-state index is -0.0529. The van der Waals surface area contributed by atoms with Crippen molar-refractivity contribution in [3.8, 4) is 17.1 Å². The maximum atomic E-state index is 12.8. The van der Waals surface area contributed by atoms with E-state index >= 15 is 0 Å². The predicted octanol–water partition coefficient (Wildman–Crippen LogP) is 4.14. The summed E-state index contributed by atoms with van der Waals surface area (Å²) in [7, 11) is 1.78. The summed E-state index contributed by atoms with van der Waals surface area (Å²) in [6, 6.07) is 15.6. The van der Waals surface area contributed by atoms with Gasteiger partial charge < -0.3 is 9.64 Å². The fraction of sp³-hybridized carbons (Fsp3) is 0.227. The molecule has 1 aromatic heterocycles. The van der Waals surface area contributed by atoms with Crippen LogP contribution in [0, 0.1) is 11.7 Å². The number of benzene rings is 2. The molecule has 0 radical (unpaired) electrons. The summed E-state index contributed by atoms with van der Waals surface area (Å²) >= 11 is 5.34. The number of likely N-dealkylation sites (N-methyl/N-ethyl adjacent to an activating group) is 1. The van der Waals surface area contributed by atoms with Crippen LogP contribution >= 0.6 is 12.2 Å². The Hall–Kier alpha value is -3.19. The molecule has 29 heavy (non-hydrogen) atoms. The molecule has 0 bridgehead atoms. The first-order valence-corrected chi connectivity index (χ1v) is 9.67. The summed E-state index contributed by atoms with van der Waals surface area (Å²) in [5.41, 5.74) is 3.08. The summed E-state index contributed by atoms with van der Waals surface area (Å²) in [5.74, 6) is 1.37. The number of carbonyl (C=O) groups excluding carboxylic acids is 1. The molecule has 6 nitrogen and oxygen atoms in total. The van der Waals surface area contributed by atoms with Crippen LogP contribution < -0.4 is 4.74 Å². The summed E-state index contributed by atoms with van der Waals surface area (Å²) in [4.78, 5) is 14.5. The highest BCUT2D eigenvalue weighted by Gasteiger charge is 2.15. The molecule has 0 fully saturated rings. The number of carbonyl (C=O) groups is 1. The summed E-state index contributed by atoms with van der Waals surface area (Å²) < 4.78 is 7.63. The second-order valence-corrected chi connectivity index (χ2v) is 7.18. The van der Waals surface area contributed by atoms with Crippen molar-refractivity contribution >= 4 is 18.1 Å². The van der Waals surface area contributed by atoms with Crippen LogP contribution in [0.3, 0.4) is 0 Å². The van der Waals surface area contributed by atoms with Gasteiger partial charge in [0, 0.05) is 19.2 Å². The highest BCUT2D eigenvalue weighted by Crippen LogP contribution is 2.18. The Kier molecular flexibility index (Phi) is 6.61. The molecule has 0 aliphatic carbocycles. The normalized spacial score (nSPS) is 10.6. The number of hydrogen-bond donors (Lipinski definition) is 1. The van der Waals surface area contributed by atoms with E-state index in [2.05, 4.69) is 16.8 Å². The first kappa shape index (κ1) is 20.5. The first-order chi connectivity index (χ1) is 14.0. The monoisotopic (exact) mass is 408 g/mol. The topological polar surface area (TPSA) is 63.1 Å². The molecular weight excluding hydrogens is 384 g/mol. The zero-order valence-corrected chi connectivity index (χ0v) is 17.4. The molecule has 3 rings (SSSR count). The Morgan fingerprint density at radius 1 is 1.24 bits per heavy atom. The van der Waals surface area contributed by atoms with E-state index in [0.29, 0.717) is 23.7 Å². The van der Waals surface area contributed by atoms with Gasteiger partial charge in [0.05, 0.1) is 0 Å². The number of ether oxygens (including phenoxy) is 1. The number of H-pyrrole nitrogens is 1. The average molecular weight is 409 g/mol. The van der Waals surface area contributed by atoms with Crippen molar-refractivity contribution < 1.29 is 9.53 Å². The molecule has 0 aliphatic heterocycles. The molecule has 3 aromatic rings. The maximum absolute atomic E-state index is 12.8. The Bertz CT molecular complexity index is 1040.